The molecular formula is C10H17NO3. The van der Waals surface area contributed by atoms with Crippen LogP contribution < -0.4 is 0 Å². The van der Waals surface area contributed by atoms with Gasteiger partial charge in [0.1, 0.15) is 6.04 Å². The first-order valence-corrected chi connectivity index (χ1v) is 4.49. The molecule has 0 rings (SSSR count). The average molecular weight is 199 g/mol. The van der Waals surface area contributed by atoms with Crippen LogP contribution in [0.1, 0.15) is 20.8 Å². The van der Waals surface area contributed by atoms with E-state index >= 15 is 0 Å². The van der Waals surface area contributed by atoms with E-state index in [1.54, 1.807) is 20.8 Å². The first-order chi connectivity index (χ1) is 6.40. The van der Waals surface area contributed by atoms with Gasteiger partial charge in [0.25, 0.3) is 0 Å². The Morgan fingerprint density at radius 1 is 1.36 bits per heavy atom. The van der Waals surface area contributed by atoms with Crippen LogP contribution in [-0.4, -0.2) is 36.0 Å². The van der Waals surface area contributed by atoms with E-state index in [0.717, 1.165) is 0 Å². The molecule has 4 heteroatoms. The molecule has 0 fully saturated rings. The highest BCUT2D eigenvalue weighted by atomic mass is 16.5. The van der Waals surface area contributed by atoms with E-state index in [9.17, 15) is 9.59 Å². The Hall–Kier alpha value is -1.32. The van der Waals surface area contributed by atoms with E-state index in [1.807, 2.05) is 0 Å². The van der Waals surface area contributed by atoms with Gasteiger partial charge in [0.05, 0.1) is 6.10 Å². The molecule has 0 aliphatic carbocycles. The first-order valence-electron chi connectivity index (χ1n) is 4.49. The third kappa shape index (κ3) is 3.60. The van der Waals surface area contributed by atoms with Gasteiger partial charge in [0.15, 0.2) is 0 Å². The number of likely N-dealkylation sites (N-methyl/N-ethyl adjacent to an activating group) is 1. The molecule has 1 amide bonds. The Balaban J connectivity index is 4.30. The molecule has 0 aromatic heterocycles. The Morgan fingerprint density at radius 2 is 1.86 bits per heavy atom. The molecule has 0 unspecified atom stereocenters. The van der Waals surface area contributed by atoms with Gasteiger partial charge < -0.3 is 9.64 Å². The van der Waals surface area contributed by atoms with Gasteiger partial charge in [-0.25, -0.2) is 4.79 Å². The van der Waals surface area contributed by atoms with E-state index in [-0.39, 0.29) is 12.0 Å². The van der Waals surface area contributed by atoms with Crippen LogP contribution in [0.25, 0.3) is 0 Å². The third-order valence-corrected chi connectivity index (χ3v) is 1.80. The van der Waals surface area contributed by atoms with Gasteiger partial charge in [0.2, 0.25) is 5.91 Å². The van der Waals surface area contributed by atoms with Crippen molar-refractivity contribution < 1.29 is 14.3 Å². The summed E-state index contributed by atoms with van der Waals surface area (Å²) in [5.74, 6) is -0.698. The molecule has 0 aliphatic rings. The molecule has 0 saturated heterocycles. The SMILES string of the molecule is C=CC(=O)N(C)[C@@H](C)C(=O)OC(C)C. The first kappa shape index (κ1) is 12.7. The van der Waals surface area contributed by atoms with Crippen LogP contribution in [0.5, 0.6) is 0 Å². The van der Waals surface area contributed by atoms with Crippen molar-refractivity contribution in [3.63, 3.8) is 0 Å². The summed E-state index contributed by atoms with van der Waals surface area (Å²) in [4.78, 5) is 23.8. The highest BCUT2D eigenvalue weighted by Crippen LogP contribution is 2.02. The van der Waals surface area contributed by atoms with E-state index in [4.69, 9.17) is 4.74 Å². The fourth-order valence-corrected chi connectivity index (χ4v) is 0.824. The monoisotopic (exact) mass is 199 g/mol. The molecule has 0 bridgehead atoms. The predicted octanol–water partition coefficient (Wildman–Crippen LogP) is 0.971. The number of carbonyl (C=O) groups excluding carboxylic acids is 2. The van der Waals surface area contributed by atoms with Gasteiger partial charge in [-0.3, -0.25) is 4.79 Å². The van der Waals surface area contributed by atoms with Gasteiger partial charge in [-0.05, 0) is 26.8 Å². The molecule has 0 heterocycles. The lowest BCUT2D eigenvalue weighted by atomic mass is 10.3. The van der Waals surface area contributed by atoms with E-state index in [0.29, 0.717) is 0 Å². The van der Waals surface area contributed by atoms with E-state index < -0.39 is 12.0 Å². The summed E-state index contributed by atoms with van der Waals surface area (Å²) in [6.07, 6.45) is 0.997. The quantitative estimate of drug-likeness (QED) is 0.500. The molecule has 0 saturated carbocycles. The summed E-state index contributed by atoms with van der Waals surface area (Å²) in [6, 6.07) is -0.581. The number of amides is 1. The molecule has 0 aromatic rings. The van der Waals surface area contributed by atoms with Gasteiger partial charge >= 0.3 is 5.97 Å². The van der Waals surface area contributed by atoms with Crippen molar-refractivity contribution in [2.24, 2.45) is 0 Å². The van der Waals surface area contributed by atoms with Gasteiger partial charge in [-0.1, -0.05) is 6.58 Å². The van der Waals surface area contributed by atoms with Crippen molar-refractivity contribution in [2.45, 2.75) is 32.9 Å². The molecule has 0 aromatic carbocycles. The van der Waals surface area contributed by atoms with Gasteiger partial charge in [-0.15, -0.1) is 0 Å². The summed E-state index contributed by atoms with van der Waals surface area (Å²) < 4.78 is 4.96. The van der Waals surface area contributed by atoms with Crippen molar-refractivity contribution in [3.05, 3.63) is 12.7 Å². The minimum absolute atomic E-state index is 0.169. The normalized spacial score (nSPS) is 12.1. The van der Waals surface area contributed by atoms with Crippen molar-refractivity contribution in [1.29, 1.82) is 0 Å². The van der Waals surface area contributed by atoms with Gasteiger partial charge in [0, 0.05) is 7.05 Å². The number of esters is 1. The number of carbonyl (C=O) groups is 2. The minimum Gasteiger partial charge on any atom is -0.461 e. The second-order valence-electron chi connectivity index (χ2n) is 3.31. The van der Waals surface area contributed by atoms with E-state index in [1.165, 1.54) is 18.0 Å². The van der Waals surface area contributed by atoms with Gasteiger partial charge in [-0.2, -0.15) is 0 Å². The minimum atomic E-state index is -0.581. The Bertz CT molecular complexity index is 236. The predicted molar refractivity (Wildman–Crippen MR) is 53.7 cm³/mol. The zero-order chi connectivity index (χ0) is 11.3. The fraction of sp³-hybridized carbons (Fsp3) is 0.600. The summed E-state index contributed by atoms with van der Waals surface area (Å²) >= 11 is 0. The average Bonchev–Trinajstić information content (AvgIpc) is 2.13. The summed E-state index contributed by atoms with van der Waals surface area (Å²) in [5, 5.41) is 0. The van der Waals surface area contributed by atoms with Crippen molar-refractivity contribution in [1.82, 2.24) is 4.90 Å². The van der Waals surface area contributed by atoms with Crippen LogP contribution in [0.15, 0.2) is 12.7 Å². The number of hydrogen-bond donors (Lipinski definition) is 0. The number of hydrogen-bond acceptors (Lipinski definition) is 3. The fourth-order valence-electron chi connectivity index (χ4n) is 0.824. The Morgan fingerprint density at radius 3 is 2.21 bits per heavy atom. The highest BCUT2D eigenvalue weighted by molar-refractivity contribution is 5.90. The second-order valence-corrected chi connectivity index (χ2v) is 3.31. The molecule has 14 heavy (non-hydrogen) atoms. The standard InChI is InChI=1S/C10H17NO3/c1-6-9(12)11(5)8(4)10(13)14-7(2)3/h6-8H,1H2,2-5H3/t8-/m0/s1. The summed E-state index contributed by atoms with van der Waals surface area (Å²) in [7, 11) is 1.54. The lowest BCUT2D eigenvalue weighted by Gasteiger charge is -2.22. The van der Waals surface area contributed by atoms with Crippen LogP contribution in [0.3, 0.4) is 0 Å². The van der Waals surface area contributed by atoms with Crippen LogP contribution in [-0.2, 0) is 14.3 Å². The molecule has 0 radical (unpaired) electrons. The maximum atomic E-state index is 11.4. The molecule has 0 N–H and O–H groups in total. The highest BCUT2D eigenvalue weighted by Gasteiger charge is 2.22. The van der Waals surface area contributed by atoms with Crippen molar-refractivity contribution in [3.8, 4) is 0 Å². The van der Waals surface area contributed by atoms with Crippen LogP contribution in [0.2, 0.25) is 0 Å². The third-order valence-electron chi connectivity index (χ3n) is 1.80. The zero-order valence-electron chi connectivity index (χ0n) is 9.11. The lowest BCUT2D eigenvalue weighted by Crippen LogP contribution is -2.41. The van der Waals surface area contributed by atoms with Crippen LogP contribution in [0.4, 0.5) is 0 Å². The zero-order valence-corrected chi connectivity index (χ0v) is 9.11. The topological polar surface area (TPSA) is 46.6 Å². The molecular weight excluding hydrogens is 182 g/mol. The maximum Gasteiger partial charge on any atom is 0.328 e. The molecule has 4 nitrogen and oxygen atoms in total. The molecule has 1 atom stereocenters. The summed E-state index contributed by atoms with van der Waals surface area (Å²) in [5.41, 5.74) is 0. The van der Waals surface area contributed by atoms with Crippen LogP contribution >= 0.6 is 0 Å². The van der Waals surface area contributed by atoms with Crippen molar-refractivity contribution >= 4 is 11.9 Å². The number of ether oxygens (including phenoxy) is 1. The number of rotatable bonds is 4. The molecule has 0 aliphatic heterocycles. The van der Waals surface area contributed by atoms with Crippen molar-refractivity contribution in [2.75, 3.05) is 7.05 Å². The molecule has 0 spiro atoms. The Kier molecular flexibility index (Phi) is 4.91. The summed E-state index contributed by atoms with van der Waals surface area (Å²) in [6.45, 7) is 8.49. The lowest BCUT2D eigenvalue weighted by molar-refractivity contribution is -0.155. The second kappa shape index (κ2) is 5.42. The molecule has 80 valence electrons. The number of nitrogens with zero attached hydrogens (tertiary/aromatic N) is 1. The Labute approximate surface area is 84.5 Å². The van der Waals surface area contributed by atoms with Crippen LogP contribution in [0, 0.1) is 0 Å². The maximum absolute atomic E-state index is 11.4. The van der Waals surface area contributed by atoms with E-state index in [2.05, 4.69) is 6.58 Å². The smallest absolute Gasteiger partial charge is 0.328 e. The largest absolute Gasteiger partial charge is 0.461 e.